The van der Waals surface area contributed by atoms with Gasteiger partial charge in [-0.25, -0.2) is 0 Å². The quantitative estimate of drug-likeness (QED) is 0.671. The first-order valence-electron chi connectivity index (χ1n) is 8.99. The lowest BCUT2D eigenvalue weighted by molar-refractivity contribution is 0.160. The minimum atomic E-state index is 0.719. The first-order valence-corrected chi connectivity index (χ1v) is 8.99. The summed E-state index contributed by atoms with van der Waals surface area (Å²) in [6, 6.07) is 1.44. The van der Waals surface area contributed by atoms with E-state index >= 15 is 0 Å². The van der Waals surface area contributed by atoms with E-state index in [1.807, 2.05) is 0 Å². The molecule has 1 heteroatoms. The van der Waals surface area contributed by atoms with E-state index in [1.165, 1.54) is 57.8 Å². The summed E-state index contributed by atoms with van der Waals surface area (Å²) >= 11 is 0. The Morgan fingerprint density at radius 2 is 1.40 bits per heavy atom. The fraction of sp³-hybridized carbons (Fsp3) is 0.895. The van der Waals surface area contributed by atoms with E-state index in [2.05, 4.69) is 31.0 Å². The van der Waals surface area contributed by atoms with E-state index in [4.69, 9.17) is 0 Å². The molecule has 0 bridgehead atoms. The van der Waals surface area contributed by atoms with Crippen molar-refractivity contribution < 1.29 is 0 Å². The summed E-state index contributed by atoms with van der Waals surface area (Å²) in [7, 11) is 0. The molecule has 0 spiro atoms. The summed E-state index contributed by atoms with van der Waals surface area (Å²) < 4.78 is 0. The van der Waals surface area contributed by atoms with Crippen LogP contribution in [0.3, 0.4) is 0 Å². The first-order chi connectivity index (χ1) is 9.77. The molecule has 1 aliphatic heterocycles. The molecule has 4 atom stereocenters. The molecule has 1 N–H and O–H groups in total. The van der Waals surface area contributed by atoms with Gasteiger partial charge < -0.3 is 5.32 Å². The largest absolute Gasteiger partial charge is 0.311 e. The third-order valence-corrected chi connectivity index (χ3v) is 5.36. The number of nitrogens with one attached hydrogen (secondary N) is 1. The minimum absolute atomic E-state index is 0.719. The normalized spacial score (nSPS) is 37.1. The Morgan fingerprint density at radius 1 is 0.750 bits per heavy atom. The molecule has 1 nitrogen and oxygen atoms in total. The van der Waals surface area contributed by atoms with Gasteiger partial charge in [-0.2, -0.15) is 0 Å². The van der Waals surface area contributed by atoms with Crippen LogP contribution in [-0.4, -0.2) is 12.1 Å². The number of piperidine rings is 1. The fourth-order valence-corrected chi connectivity index (χ4v) is 4.16. The van der Waals surface area contributed by atoms with E-state index in [9.17, 15) is 0 Å². The van der Waals surface area contributed by atoms with Gasteiger partial charge in [-0.05, 0) is 51.4 Å². The zero-order valence-electron chi connectivity index (χ0n) is 13.6. The molecule has 4 unspecified atom stereocenters. The van der Waals surface area contributed by atoms with Crippen LogP contribution in [0.25, 0.3) is 0 Å². The van der Waals surface area contributed by atoms with Crippen LogP contribution in [0.15, 0.2) is 0 Å². The van der Waals surface area contributed by atoms with Crippen molar-refractivity contribution in [1.82, 2.24) is 5.32 Å². The van der Waals surface area contributed by atoms with E-state index in [0.717, 1.165) is 36.8 Å². The van der Waals surface area contributed by atoms with Gasteiger partial charge in [0.1, 0.15) is 0 Å². The molecule has 2 rings (SSSR count). The molecule has 0 aromatic heterocycles. The van der Waals surface area contributed by atoms with Crippen molar-refractivity contribution in [2.75, 3.05) is 0 Å². The minimum Gasteiger partial charge on any atom is -0.311 e. The van der Waals surface area contributed by atoms with Crippen molar-refractivity contribution in [3.63, 3.8) is 0 Å². The number of hydrogen-bond donors (Lipinski definition) is 1. The van der Waals surface area contributed by atoms with Crippen molar-refractivity contribution in [2.24, 2.45) is 11.8 Å². The summed E-state index contributed by atoms with van der Waals surface area (Å²) in [6.45, 7) is 4.76. The lowest BCUT2D eigenvalue weighted by Crippen LogP contribution is -2.47. The van der Waals surface area contributed by atoms with Crippen LogP contribution in [0.2, 0.25) is 0 Å². The highest BCUT2D eigenvalue weighted by molar-refractivity contribution is 4.98. The average molecular weight is 275 g/mol. The topological polar surface area (TPSA) is 12.0 Å². The van der Waals surface area contributed by atoms with Crippen LogP contribution in [0.4, 0.5) is 0 Å². The van der Waals surface area contributed by atoms with Crippen molar-refractivity contribution in [3.8, 4) is 11.8 Å². The van der Waals surface area contributed by atoms with Crippen molar-refractivity contribution >= 4 is 0 Å². The Balaban J connectivity index is 1.88. The van der Waals surface area contributed by atoms with E-state index in [1.54, 1.807) is 0 Å². The molecular weight excluding hydrogens is 242 g/mol. The van der Waals surface area contributed by atoms with Crippen LogP contribution < -0.4 is 5.32 Å². The van der Waals surface area contributed by atoms with E-state index in [-0.39, 0.29) is 0 Å². The Hall–Kier alpha value is -0.480. The van der Waals surface area contributed by atoms with Crippen LogP contribution in [-0.2, 0) is 0 Å². The second-order valence-electron chi connectivity index (χ2n) is 7.06. The summed E-state index contributed by atoms with van der Waals surface area (Å²) in [6.07, 6.45) is 14.8. The first kappa shape index (κ1) is 15.9. The SMILES string of the molecule is CC1CCC(C2CCCCC#CCCCCC2)C(C)N1. The molecule has 20 heavy (non-hydrogen) atoms. The average Bonchev–Trinajstić information content (AvgIpc) is 2.40. The van der Waals surface area contributed by atoms with Crippen molar-refractivity contribution in [1.29, 1.82) is 0 Å². The van der Waals surface area contributed by atoms with Gasteiger partial charge in [-0.15, -0.1) is 11.8 Å². The van der Waals surface area contributed by atoms with Gasteiger partial charge in [0.25, 0.3) is 0 Å². The number of rotatable bonds is 1. The highest BCUT2D eigenvalue weighted by Gasteiger charge is 2.30. The second kappa shape index (κ2) is 8.73. The Morgan fingerprint density at radius 3 is 2.10 bits per heavy atom. The molecule has 0 aromatic rings. The van der Waals surface area contributed by atoms with Gasteiger partial charge in [0.15, 0.2) is 0 Å². The molecule has 114 valence electrons. The number of hydrogen-bond acceptors (Lipinski definition) is 1. The van der Waals surface area contributed by atoms with Crippen molar-refractivity contribution in [2.45, 2.75) is 96.6 Å². The highest BCUT2D eigenvalue weighted by Crippen LogP contribution is 2.34. The summed E-state index contributed by atoms with van der Waals surface area (Å²) in [5, 5.41) is 3.79. The molecule has 0 aromatic carbocycles. The van der Waals surface area contributed by atoms with Crippen LogP contribution in [0, 0.1) is 23.7 Å². The molecule has 1 fully saturated rings. The zero-order valence-corrected chi connectivity index (χ0v) is 13.6. The molecule has 1 heterocycles. The fourth-order valence-electron chi connectivity index (χ4n) is 4.16. The van der Waals surface area contributed by atoms with Crippen LogP contribution in [0.5, 0.6) is 0 Å². The predicted octanol–water partition coefficient (Wildman–Crippen LogP) is 4.91. The molecule has 0 radical (unpaired) electrons. The van der Waals surface area contributed by atoms with Gasteiger partial charge in [0.2, 0.25) is 0 Å². The molecule has 1 saturated heterocycles. The van der Waals surface area contributed by atoms with E-state index in [0.29, 0.717) is 0 Å². The third kappa shape index (κ3) is 5.13. The van der Waals surface area contributed by atoms with Gasteiger partial charge in [0.05, 0.1) is 0 Å². The maximum Gasteiger partial charge on any atom is 0.00886 e. The van der Waals surface area contributed by atoms with Crippen molar-refractivity contribution in [3.05, 3.63) is 0 Å². The molecule has 0 amide bonds. The predicted molar refractivity (Wildman–Crippen MR) is 87.6 cm³/mol. The molecule has 2 aliphatic rings. The standard InChI is InChI=1S/C19H33N/c1-16-14-15-19(17(2)20-16)18-12-10-8-6-4-3-5-7-9-11-13-18/h16-20H,4,6-15H2,1-2H3. The monoisotopic (exact) mass is 275 g/mol. The Labute approximate surface area is 126 Å². The maximum atomic E-state index is 3.79. The maximum absolute atomic E-state index is 3.79. The Kier molecular flexibility index (Phi) is 6.94. The van der Waals surface area contributed by atoms with Crippen LogP contribution in [0.1, 0.15) is 84.5 Å². The molecule has 1 aliphatic carbocycles. The van der Waals surface area contributed by atoms with Gasteiger partial charge in [-0.3, -0.25) is 0 Å². The lowest BCUT2D eigenvalue weighted by atomic mass is 9.75. The second-order valence-corrected chi connectivity index (χ2v) is 7.06. The summed E-state index contributed by atoms with van der Waals surface area (Å²) in [5.74, 6) is 8.55. The van der Waals surface area contributed by atoms with Gasteiger partial charge in [-0.1, -0.05) is 32.1 Å². The molecular formula is C19H33N. The van der Waals surface area contributed by atoms with Gasteiger partial charge >= 0.3 is 0 Å². The summed E-state index contributed by atoms with van der Waals surface area (Å²) in [4.78, 5) is 0. The lowest BCUT2D eigenvalue weighted by Gasteiger charge is -2.39. The summed E-state index contributed by atoms with van der Waals surface area (Å²) in [5.41, 5.74) is 0. The molecule has 0 saturated carbocycles. The van der Waals surface area contributed by atoms with Crippen LogP contribution >= 0.6 is 0 Å². The highest BCUT2D eigenvalue weighted by atomic mass is 15.0. The Bertz CT molecular complexity index is 324. The van der Waals surface area contributed by atoms with Gasteiger partial charge in [0, 0.05) is 24.9 Å². The third-order valence-electron chi connectivity index (χ3n) is 5.36. The smallest absolute Gasteiger partial charge is 0.00886 e. The zero-order chi connectivity index (χ0) is 14.2. The van der Waals surface area contributed by atoms with E-state index < -0.39 is 0 Å².